The van der Waals surface area contributed by atoms with Crippen LogP contribution < -0.4 is 10.6 Å². The molecule has 1 aromatic heterocycles. The highest BCUT2D eigenvalue weighted by molar-refractivity contribution is 7.99. The van der Waals surface area contributed by atoms with Crippen molar-refractivity contribution in [3.8, 4) is 0 Å². The second kappa shape index (κ2) is 8.44. The Labute approximate surface area is 131 Å². The third-order valence-corrected chi connectivity index (χ3v) is 4.97. The predicted molar refractivity (Wildman–Crippen MR) is 90.1 cm³/mol. The van der Waals surface area contributed by atoms with Crippen molar-refractivity contribution in [2.45, 2.75) is 50.5 Å². The van der Waals surface area contributed by atoms with E-state index in [1.807, 2.05) is 31.8 Å². The lowest BCUT2D eigenvalue weighted by Crippen LogP contribution is -2.34. The Bertz CT molecular complexity index is 444. The molecule has 2 unspecified atom stereocenters. The van der Waals surface area contributed by atoms with Gasteiger partial charge in [-0.3, -0.25) is 0 Å². The molecule has 1 heterocycles. The number of thioether (sulfide) groups is 1. The van der Waals surface area contributed by atoms with E-state index in [2.05, 4.69) is 26.9 Å². The average Bonchev–Trinajstić information content (AvgIpc) is 2.53. The van der Waals surface area contributed by atoms with Gasteiger partial charge in [0.1, 0.15) is 18.2 Å². The highest BCUT2D eigenvalue weighted by Crippen LogP contribution is 2.29. The van der Waals surface area contributed by atoms with Gasteiger partial charge in [0.05, 0.1) is 0 Å². The van der Waals surface area contributed by atoms with E-state index in [0.717, 1.165) is 17.5 Å². The summed E-state index contributed by atoms with van der Waals surface area (Å²) >= 11 is 1.95. The smallest absolute Gasteiger partial charge is 0.158 e. The molecular weight excluding hydrogens is 284 g/mol. The molecule has 0 aromatic carbocycles. The van der Waals surface area contributed by atoms with E-state index in [1.165, 1.54) is 25.7 Å². The number of anilines is 2. The largest absolute Gasteiger partial charge is 0.374 e. The number of rotatable bonds is 7. The van der Waals surface area contributed by atoms with Gasteiger partial charge < -0.3 is 15.4 Å². The van der Waals surface area contributed by atoms with Gasteiger partial charge in [-0.15, -0.1) is 0 Å². The molecule has 6 heteroatoms. The molecule has 1 fully saturated rings. The van der Waals surface area contributed by atoms with Crippen LogP contribution in [0.3, 0.4) is 0 Å². The van der Waals surface area contributed by atoms with Crippen LogP contribution in [-0.4, -0.2) is 41.2 Å². The van der Waals surface area contributed by atoms with Gasteiger partial charge in [-0.25, -0.2) is 9.97 Å². The van der Waals surface area contributed by atoms with Crippen molar-refractivity contribution in [3.63, 3.8) is 0 Å². The van der Waals surface area contributed by atoms with Crippen LogP contribution in [0.15, 0.2) is 6.07 Å². The topological polar surface area (TPSA) is 59.1 Å². The lowest BCUT2D eigenvalue weighted by atomic mass is 9.95. The number of nitrogens with zero attached hydrogens (tertiary/aromatic N) is 2. The molecule has 1 aliphatic carbocycles. The third kappa shape index (κ3) is 4.74. The van der Waals surface area contributed by atoms with Crippen LogP contribution in [0.5, 0.6) is 0 Å². The first kappa shape index (κ1) is 16.4. The zero-order valence-corrected chi connectivity index (χ0v) is 14.0. The molecule has 21 heavy (non-hydrogen) atoms. The number of nitrogens with one attached hydrogen (secondary N) is 2. The molecule has 0 aliphatic heterocycles. The van der Waals surface area contributed by atoms with Crippen molar-refractivity contribution in [1.82, 2.24) is 9.97 Å². The van der Waals surface area contributed by atoms with Gasteiger partial charge in [-0.2, -0.15) is 11.8 Å². The maximum absolute atomic E-state index is 5.42. The summed E-state index contributed by atoms with van der Waals surface area (Å²) < 4.78 is 5.42. The highest BCUT2D eigenvalue weighted by atomic mass is 32.2. The Hall–Kier alpha value is -1.01. The third-order valence-electron chi connectivity index (χ3n) is 3.80. The molecule has 1 aliphatic rings. The zero-order chi connectivity index (χ0) is 15.1. The number of ether oxygens (including phenoxy) is 1. The maximum atomic E-state index is 5.42. The fraction of sp³-hybridized carbons (Fsp3) is 0.733. The molecule has 2 rings (SSSR count). The van der Waals surface area contributed by atoms with Crippen molar-refractivity contribution >= 4 is 23.4 Å². The molecule has 5 nitrogen and oxygen atoms in total. The van der Waals surface area contributed by atoms with Gasteiger partial charge in [0.25, 0.3) is 0 Å². The molecule has 2 N–H and O–H groups in total. The van der Waals surface area contributed by atoms with Crippen molar-refractivity contribution < 1.29 is 4.74 Å². The van der Waals surface area contributed by atoms with Gasteiger partial charge in [-0.1, -0.05) is 12.8 Å². The standard InChI is InChI=1S/C15H26N4OS/c1-4-20-10-15-18-13(16-2)9-14(19-15)17-11-7-5-6-8-12(11)21-3/h9,11-12H,4-8,10H2,1-3H3,(H2,16,17,18,19). The quantitative estimate of drug-likeness (QED) is 0.807. The van der Waals surface area contributed by atoms with Crippen LogP contribution in [0, 0.1) is 0 Å². The van der Waals surface area contributed by atoms with E-state index in [4.69, 9.17) is 4.74 Å². The molecule has 1 saturated carbocycles. The minimum atomic E-state index is 0.456. The molecule has 0 radical (unpaired) electrons. The van der Waals surface area contributed by atoms with Crippen molar-refractivity contribution in [2.24, 2.45) is 0 Å². The first-order valence-corrected chi connectivity index (χ1v) is 8.98. The first-order chi connectivity index (χ1) is 10.3. The lowest BCUT2D eigenvalue weighted by Gasteiger charge is -2.31. The lowest BCUT2D eigenvalue weighted by molar-refractivity contribution is 0.128. The Kier molecular flexibility index (Phi) is 6.57. The molecule has 1 aromatic rings. The monoisotopic (exact) mass is 310 g/mol. The average molecular weight is 310 g/mol. The van der Waals surface area contributed by atoms with Crippen molar-refractivity contribution in [1.29, 1.82) is 0 Å². The van der Waals surface area contributed by atoms with Crippen LogP contribution in [0.2, 0.25) is 0 Å². The molecule has 2 atom stereocenters. The van der Waals surface area contributed by atoms with E-state index in [-0.39, 0.29) is 0 Å². The summed E-state index contributed by atoms with van der Waals surface area (Å²) in [6.45, 7) is 3.11. The van der Waals surface area contributed by atoms with Gasteiger partial charge in [-0.05, 0) is 26.0 Å². The molecule has 0 spiro atoms. The molecule has 0 amide bonds. The summed E-state index contributed by atoms with van der Waals surface area (Å²) in [5.74, 6) is 2.46. The van der Waals surface area contributed by atoms with E-state index < -0.39 is 0 Å². The number of hydrogen-bond donors (Lipinski definition) is 2. The summed E-state index contributed by atoms with van der Waals surface area (Å²) in [6.07, 6.45) is 7.33. The van der Waals surface area contributed by atoms with E-state index in [1.54, 1.807) is 0 Å². The normalized spacial score (nSPS) is 22.0. The van der Waals surface area contributed by atoms with E-state index in [0.29, 0.717) is 24.5 Å². The van der Waals surface area contributed by atoms with Crippen molar-refractivity contribution in [3.05, 3.63) is 11.9 Å². The van der Waals surface area contributed by atoms with Crippen LogP contribution in [0.25, 0.3) is 0 Å². The maximum Gasteiger partial charge on any atom is 0.158 e. The van der Waals surface area contributed by atoms with E-state index >= 15 is 0 Å². The summed E-state index contributed by atoms with van der Waals surface area (Å²) in [5.41, 5.74) is 0. The SMILES string of the molecule is CCOCc1nc(NC)cc(NC2CCCCC2SC)n1. The minimum absolute atomic E-state index is 0.456. The number of aromatic nitrogens is 2. The molecule has 118 valence electrons. The second-order valence-corrected chi connectivity index (χ2v) is 6.33. The minimum Gasteiger partial charge on any atom is -0.374 e. The first-order valence-electron chi connectivity index (χ1n) is 7.69. The zero-order valence-electron chi connectivity index (χ0n) is 13.2. The van der Waals surface area contributed by atoms with Gasteiger partial charge in [0.2, 0.25) is 0 Å². The van der Waals surface area contributed by atoms with E-state index in [9.17, 15) is 0 Å². The second-order valence-electron chi connectivity index (χ2n) is 5.25. The summed E-state index contributed by atoms with van der Waals surface area (Å²) in [5, 5.41) is 7.37. The number of hydrogen-bond acceptors (Lipinski definition) is 6. The van der Waals surface area contributed by atoms with Crippen molar-refractivity contribution in [2.75, 3.05) is 30.5 Å². The van der Waals surface area contributed by atoms with Crippen LogP contribution in [0.1, 0.15) is 38.4 Å². The molecule has 0 saturated heterocycles. The Balaban J connectivity index is 2.10. The Morgan fingerprint density at radius 1 is 1.29 bits per heavy atom. The molecular formula is C15H26N4OS. The Morgan fingerprint density at radius 2 is 2.05 bits per heavy atom. The van der Waals surface area contributed by atoms with Gasteiger partial charge in [0.15, 0.2) is 5.82 Å². The highest BCUT2D eigenvalue weighted by Gasteiger charge is 2.24. The fourth-order valence-electron chi connectivity index (χ4n) is 2.69. The van der Waals surface area contributed by atoms with Crippen LogP contribution in [-0.2, 0) is 11.3 Å². The summed E-state index contributed by atoms with van der Waals surface area (Å²) in [6, 6.07) is 2.47. The van der Waals surface area contributed by atoms with Gasteiger partial charge in [0, 0.05) is 31.0 Å². The predicted octanol–water partition coefficient (Wildman–Crippen LogP) is 3.14. The van der Waals surface area contributed by atoms with Gasteiger partial charge >= 0.3 is 0 Å². The van der Waals surface area contributed by atoms with Crippen LogP contribution in [0.4, 0.5) is 11.6 Å². The summed E-state index contributed by atoms with van der Waals surface area (Å²) in [4.78, 5) is 9.01. The van der Waals surface area contributed by atoms with Crippen LogP contribution >= 0.6 is 11.8 Å². The Morgan fingerprint density at radius 3 is 2.76 bits per heavy atom. The fourth-order valence-corrected chi connectivity index (χ4v) is 3.63. The summed E-state index contributed by atoms with van der Waals surface area (Å²) in [7, 11) is 1.88. The molecule has 0 bridgehead atoms.